The summed E-state index contributed by atoms with van der Waals surface area (Å²) in [6.45, 7) is 1.62. The Balaban J connectivity index is 1.38. The van der Waals surface area contributed by atoms with Crippen LogP contribution in [0.15, 0.2) is 120 Å². The molecule has 1 N–H and O–H groups in total. The lowest BCUT2D eigenvalue weighted by atomic mass is 10.0. The van der Waals surface area contributed by atoms with Crippen molar-refractivity contribution in [2.75, 3.05) is 25.5 Å². The minimum atomic E-state index is -4.80. The number of piperidine rings is 1. The van der Waals surface area contributed by atoms with E-state index in [1.54, 1.807) is 42.5 Å². The lowest BCUT2D eigenvalue weighted by Gasteiger charge is -2.30. The molecule has 0 aliphatic carbocycles. The molecule has 0 radical (unpaired) electrons. The highest BCUT2D eigenvalue weighted by Crippen LogP contribution is 2.41. The standard InChI is InChI=1S/C37H32F3N5O3S/c1-44-19-9-11-27(23-44)42-36-41-22-33(37(38,39)40)35(43-36)32-24-45(49(46,47)30-15-6-3-7-16-30)34-21-26(17-18-31(32)34)25-10-8-14-29(20-25)48-28-12-4-2-5-13-28/h2-8,10,12-18,20-22,24,27H,9,11,19,23H2,1H3,(H,41,42,43). The molecule has 49 heavy (non-hydrogen) atoms. The third-order valence-corrected chi connectivity index (χ3v) is 10.2. The summed E-state index contributed by atoms with van der Waals surface area (Å²) >= 11 is 0. The van der Waals surface area contributed by atoms with E-state index in [0.717, 1.165) is 35.1 Å². The summed E-state index contributed by atoms with van der Waals surface area (Å²) in [5.41, 5.74) is 0.102. The summed E-state index contributed by atoms with van der Waals surface area (Å²) in [7, 11) is -2.26. The van der Waals surface area contributed by atoms with Gasteiger partial charge in [-0.15, -0.1) is 0 Å². The maximum atomic E-state index is 14.5. The van der Waals surface area contributed by atoms with Crippen LogP contribution >= 0.6 is 0 Å². The fraction of sp³-hybridized carbons (Fsp3) is 0.189. The number of aromatic nitrogens is 3. The van der Waals surface area contributed by atoms with E-state index in [1.165, 1.54) is 18.3 Å². The predicted octanol–water partition coefficient (Wildman–Crippen LogP) is 8.32. The van der Waals surface area contributed by atoms with Gasteiger partial charge in [-0.3, -0.25) is 0 Å². The third-order valence-electron chi connectivity index (χ3n) is 8.52. The molecule has 1 saturated heterocycles. The minimum absolute atomic E-state index is 0.00961. The molecule has 1 unspecified atom stereocenters. The van der Waals surface area contributed by atoms with Crippen molar-refractivity contribution >= 4 is 26.9 Å². The maximum Gasteiger partial charge on any atom is 0.419 e. The molecule has 3 heterocycles. The van der Waals surface area contributed by atoms with E-state index in [9.17, 15) is 21.6 Å². The second kappa shape index (κ2) is 13.0. The van der Waals surface area contributed by atoms with Gasteiger partial charge in [0.15, 0.2) is 0 Å². The van der Waals surface area contributed by atoms with Gasteiger partial charge < -0.3 is 15.0 Å². The smallest absolute Gasteiger partial charge is 0.419 e. The van der Waals surface area contributed by atoms with Crippen molar-refractivity contribution in [3.8, 4) is 33.9 Å². The van der Waals surface area contributed by atoms with Crippen LogP contribution in [0.25, 0.3) is 33.3 Å². The summed E-state index contributed by atoms with van der Waals surface area (Å²) in [4.78, 5) is 10.5. The fourth-order valence-corrected chi connectivity index (χ4v) is 7.55. The molecule has 0 amide bonds. The van der Waals surface area contributed by atoms with Crippen LogP contribution in [0.2, 0.25) is 0 Å². The topological polar surface area (TPSA) is 89.4 Å². The number of fused-ring (bicyclic) bond motifs is 1. The highest BCUT2D eigenvalue weighted by Gasteiger charge is 2.37. The summed E-state index contributed by atoms with van der Waals surface area (Å²) in [5.74, 6) is 1.26. The number of nitrogens with zero attached hydrogens (tertiary/aromatic N) is 4. The molecule has 4 aromatic carbocycles. The van der Waals surface area contributed by atoms with Crippen LogP contribution in [0.1, 0.15) is 18.4 Å². The number of likely N-dealkylation sites (tertiary alicyclic amines) is 1. The van der Waals surface area contributed by atoms with E-state index in [1.807, 2.05) is 55.6 Å². The van der Waals surface area contributed by atoms with Crippen molar-refractivity contribution in [3.63, 3.8) is 0 Å². The van der Waals surface area contributed by atoms with Crippen LogP contribution in [0.5, 0.6) is 11.5 Å². The Bertz CT molecular complexity index is 2230. The predicted molar refractivity (Wildman–Crippen MR) is 183 cm³/mol. The minimum Gasteiger partial charge on any atom is -0.457 e. The van der Waals surface area contributed by atoms with Gasteiger partial charge in [0.2, 0.25) is 5.95 Å². The second-order valence-corrected chi connectivity index (χ2v) is 13.8. The van der Waals surface area contributed by atoms with Crippen molar-refractivity contribution in [2.24, 2.45) is 0 Å². The Morgan fingerprint density at radius 1 is 0.878 bits per heavy atom. The first-order chi connectivity index (χ1) is 23.6. The zero-order valence-corrected chi connectivity index (χ0v) is 27.2. The molecule has 1 aliphatic heterocycles. The van der Waals surface area contributed by atoms with Gasteiger partial charge in [-0.25, -0.2) is 22.4 Å². The first-order valence-electron chi connectivity index (χ1n) is 15.7. The molecule has 0 bridgehead atoms. The molecule has 7 rings (SSSR count). The van der Waals surface area contributed by atoms with Gasteiger partial charge in [0.05, 0.1) is 16.1 Å². The molecule has 250 valence electrons. The molecule has 1 fully saturated rings. The first kappa shape index (κ1) is 32.4. The van der Waals surface area contributed by atoms with Crippen molar-refractivity contribution < 1.29 is 26.3 Å². The van der Waals surface area contributed by atoms with Gasteiger partial charge in [-0.05, 0) is 80.0 Å². The number of benzene rings is 4. The lowest BCUT2D eigenvalue weighted by molar-refractivity contribution is -0.137. The number of rotatable bonds is 8. The number of nitrogens with one attached hydrogen (secondary N) is 1. The average Bonchev–Trinajstić information content (AvgIpc) is 3.49. The summed E-state index contributed by atoms with van der Waals surface area (Å²) in [6, 6.07) is 29.3. The fourth-order valence-electron chi connectivity index (χ4n) is 6.17. The molecular weight excluding hydrogens is 652 g/mol. The Labute approximate surface area is 281 Å². The zero-order valence-electron chi connectivity index (χ0n) is 26.4. The van der Waals surface area contributed by atoms with E-state index in [4.69, 9.17) is 4.74 Å². The van der Waals surface area contributed by atoms with Gasteiger partial charge in [0.25, 0.3) is 10.0 Å². The molecule has 0 saturated carbocycles. The Kier molecular flexibility index (Phi) is 8.59. The van der Waals surface area contributed by atoms with E-state index in [2.05, 4.69) is 20.2 Å². The number of likely N-dealkylation sites (N-methyl/N-ethyl adjacent to an activating group) is 1. The highest BCUT2D eigenvalue weighted by atomic mass is 32.2. The number of halogens is 3. The number of hydrogen-bond acceptors (Lipinski definition) is 7. The van der Waals surface area contributed by atoms with Gasteiger partial charge >= 0.3 is 6.18 Å². The van der Waals surface area contributed by atoms with Crippen molar-refractivity contribution in [1.82, 2.24) is 18.8 Å². The molecule has 0 spiro atoms. The van der Waals surface area contributed by atoms with E-state index in [0.29, 0.717) is 23.6 Å². The normalized spacial score (nSPS) is 15.7. The number of hydrogen-bond donors (Lipinski definition) is 1. The summed E-state index contributed by atoms with van der Waals surface area (Å²) in [5, 5.41) is 3.48. The molecule has 1 aliphatic rings. The average molecular weight is 684 g/mol. The third kappa shape index (κ3) is 6.74. The van der Waals surface area contributed by atoms with E-state index >= 15 is 0 Å². The molecule has 8 nitrogen and oxygen atoms in total. The van der Waals surface area contributed by atoms with Gasteiger partial charge in [0.1, 0.15) is 17.1 Å². The molecular formula is C37H32F3N5O3S. The monoisotopic (exact) mass is 683 g/mol. The molecule has 6 aromatic rings. The van der Waals surface area contributed by atoms with Crippen LogP contribution in [-0.2, 0) is 16.2 Å². The number of ether oxygens (including phenoxy) is 1. The van der Waals surface area contributed by atoms with Crippen LogP contribution in [-0.4, -0.2) is 53.4 Å². The number of alkyl halides is 3. The zero-order chi connectivity index (χ0) is 34.2. The number of para-hydroxylation sites is 1. The maximum absolute atomic E-state index is 14.5. The lowest BCUT2D eigenvalue weighted by Crippen LogP contribution is -2.40. The summed E-state index contributed by atoms with van der Waals surface area (Å²) in [6.07, 6.45) is -1.07. The van der Waals surface area contributed by atoms with Crippen LogP contribution in [0.3, 0.4) is 0 Å². The van der Waals surface area contributed by atoms with Crippen molar-refractivity contribution in [1.29, 1.82) is 0 Å². The first-order valence-corrected chi connectivity index (χ1v) is 17.2. The van der Waals surface area contributed by atoms with E-state index < -0.39 is 27.5 Å². The van der Waals surface area contributed by atoms with Gasteiger partial charge in [0, 0.05) is 35.9 Å². The molecule has 12 heteroatoms. The molecule has 1 atom stereocenters. The van der Waals surface area contributed by atoms with Crippen molar-refractivity contribution in [2.45, 2.75) is 30.0 Å². The van der Waals surface area contributed by atoms with Crippen LogP contribution in [0, 0.1) is 0 Å². The Hall–Kier alpha value is -5.20. The SMILES string of the molecule is CN1CCCC(Nc2ncc(C(F)(F)F)c(-c3cn(S(=O)(=O)c4ccccc4)c4cc(-c5cccc(Oc6ccccc6)c5)ccc34)n2)C1. The van der Waals surface area contributed by atoms with Gasteiger partial charge in [-0.1, -0.05) is 60.7 Å². The Morgan fingerprint density at radius 2 is 1.59 bits per heavy atom. The molecule has 2 aromatic heterocycles. The van der Waals surface area contributed by atoms with Crippen molar-refractivity contribution in [3.05, 3.63) is 121 Å². The second-order valence-electron chi connectivity index (χ2n) is 12.0. The largest absolute Gasteiger partial charge is 0.457 e. The Morgan fingerprint density at radius 3 is 2.33 bits per heavy atom. The summed E-state index contributed by atoms with van der Waals surface area (Å²) < 4.78 is 78.8. The van der Waals surface area contributed by atoms with Crippen LogP contribution < -0.4 is 10.1 Å². The van der Waals surface area contributed by atoms with Crippen LogP contribution in [0.4, 0.5) is 19.1 Å². The van der Waals surface area contributed by atoms with Gasteiger partial charge in [-0.2, -0.15) is 13.2 Å². The quantitative estimate of drug-likeness (QED) is 0.173. The highest BCUT2D eigenvalue weighted by molar-refractivity contribution is 7.90. The number of anilines is 1. The van der Waals surface area contributed by atoms with E-state index in [-0.39, 0.29) is 33.4 Å².